The molecule has 6 heteroatoms. The van der Waals surface area contributed by atoms with Gasteiger partial charge in [-0.2, -0.15) is 17.5 Å². The number of aromatic nitrogens is 4. The second-order valence-corrected chi connectivity index (χ2v) is 31.7. The molecule has 4 nitrogen and oxygen atoms in total. The minimum absolute atomic E-state index is 0.0463. The molecule has 0 saturated carbocycles. The predicted molar refractivity (Wildman–Crippen MR) is 410 cm³/mol. The zero-order valence-corrected chi connectivity index (χ0v) is 63.0. The summed E-state index contributed by atoms with van der Waals surface area (Å²) in [5, 5.41) is 0. The van der Waals surface area contributed by atoms with Crippen LogP contribution in [0, 0.1) is 13.8 Å². The molecule has 0 N–H and O–H groups in total. The van der Waals surface area contributed by atoms with E-state index in [1.54, 1.807) is 22.3 Å². The molecule has 518 valence electrons. The van der Waals surface area contributed by atoms with E-state index in [0.717, 1.165) is 11.0 Å². The lowest BCUT2D eigenvalue weighted by Crippen LogP contribution is -2.27. The fourth-order valence-corrected chi connectivity index (χ4v) is 18.6. The highest BCUT2D eigenvalue weighted by Crippen LogP contribution is 2.63. The van der Waals surface area contributed by atoms with Crippen LogP contribution < -0.4 is 0 Å². The zero-order valence-electron chi connectivity index (χ0n) is 61.3. The first-order valence-electron chi connectivity index (χ1n) is 41.2. The van der Waals surface area contributed by atoms with Gasteiger partial charge in [-0.25, -0.2) is 0 Å². The molecule has 2 aliphatic carbocycles. The topological polar surface area (TPSA) is 51.6 Å². The van der Waals surface area contributed by atoms with Gasteiger partial charge in [0, 0.05) is 22.0 Å². The molecule has 0 bridgehead atoms. The fraction of sp³-hybridized carbons (Fsp3) is 0.791. The van der Waals surface area contributed by atoms with Crippen LogP contribution in [-0.2, 0) is 10.8 Å². The first-order chi connectivity index (χ1) is 45.5. The lowest BCUT2D eigenvalue weighted by molar-refractivity contribution is 0.393. The Morgan fingerprint density at radius 3 is 0.620 bits per heavy atom. The van der Waals surface area contributed by atoms with E-state index in [1.807, 2.05) is 0 Å². The third-order valence-electron chi connectivity index (χ3n) is 23.0. The standard InChI is InChI=1S/C86H142N4S2/c1-7-11-15-19-23-27-31-35-39-43-47-51-55-59-63-85(64-60-56-52-48-44-40-36-32-28-24-20-16-12-8-2)75-69-74-76(70-73(75)79-77(85)67-71(5)81-83(79)89-91-87-81)86(78-68-72(6)82-84(80(74)78)90-92-88-82,65-61-57-53-49-45-41-37-33-29-25-21-17-13-9-3)66-62-58-54-50-46-42-38-34-30-26-22-18-14-10-4/h67-70H,7-66H2,1-6H3. The maximum atomic E-state index is 5.33. The minimum atomic E-state index is -0.0463. The maximum absolute atomic E-state index is 5.33. The fourth-order valence-electron chi connectivity index (χ4n) is 17.4. The summed E-state index contributed by atoms with van der Waals surface area (Å²) >= 11 is 2.89. The van der Waals surface area contributed by atoms with E-state index in [1.165, 1.54) is 453 Å². The molecule has 0 radical (unpaired) electrons. The highest BCUT2D eigenvalue weighted by Gasteiger charge is 2.49. The molecule has 0 unspecified atom stereocenters. The van der Waals surface area contributed by atoms with Crippen molar-refractivity contribution in [2.75, 3.05) is 0 Å². The van der Waals surface area contributed by atoms with Gasteiger partial charge in [0.25, 0.3) is 0 Å². The summed E-state index contributed by atoms with van der Waals surface area (Å²) < 4.78 is 20.8. The number of hydrogen-bond acceptors (Lipinski definition) is 6. The molecule has 0 spiro atoms. The second-order valence-electron chi connectivity index (χ2n) is 30.6. The van der Waals surface area contributed by atoms with Crippen LogP contribution in [0.25, 0.3) is 44.3 Å². The van der Waals surface area contributed by atoms with Gasteiger partial charge >= 0.3 is 0 Å². The average Bonchev–Trinajstić information content (AvgIpc) is 1.52. The second kappa shape index (κ2) is 45.7. The van der Waals surface area contributed by atoms with E-state index in [9.17, 15) is 0 Å². The first kappa shape index (κ1) is 76.7. The largest absolute Gasteiger partial charge is 0.173 e. The van der Waals surface area contributed by atoms with E-state index in [4.69, 9.17) is 17.5 Å². The van der Waals surface area contributed by atoms with Crippen LogP contribution in [0.5, 0.6) is 0 Å². The van der Waals surface area contributed by atoms with E-state index in [2.05, 4.69) is 65.8 Å². The molecule has 0 aliphatic heterocycles. The van der Waals surface area contributed by atoms with Crippen LogP contribution in [-0.4, -0.2) is 17.5 Å². The highest BCUT2D eigenvalue weighted by atomic mass is 32.1. The Labute approximate surface area is 576 Å². The van der Waals surface area contributed by atoms with Crippen LogP contribution in [0.1, 0.15) is 446 Å². The summed E-state index contributed by atoms with van der Waals surface area (Å²) in [6.07, 6.45) is 83.3. The van der Waals surface area contributed by atoms with Crippen molar-refractivity contribution in [3.05, 3.63) is 57.6 Å². The Morgan fingerprint density at radius 1 is 0.228 bits per heavy atom. The van der Waals surface area contributed by atoms with Crippen molar-refractivity contribution in [1.29, 1.82) is 0 Å². The maximum Gasteiger partial charge on any atom is 0.113 e. The molecular formula is C86H142N4S2. The van der Waals surface area contributed by atoms with Crippen molar-refractivity contribution in [3.8, 4) is 22.3 Å². The van der Waals surface area contributed by atoms with Gasteiger partial charge in [-0.05, 0) is 96.2 Å². The average molecular weight is 1300 g/mol. The van der Waals surface area contributed by atoms with Crippen LogP contribution in [0.3, 0.4) is 0 Å². The number of fused-ring (bicyclic) bond motifs is 10. The number of unbranched alkanes of at least 4 members (excludes halogenated alkanes) is 52. The van der Waals surface area contributed by atoms with Crippen molar-refractivity contribution >= 4 is 45.5 Å². The molecular weight excluding hydrogens is 1150 g/mol. The number of hydrogen-bond donors (Lipinski definition) is 0. The van der Waals surface area contributed by atoms with E-state index >= 15 is 0 Å². The van der Waals surface area contributed by atoms with Crippen LogP contribution in [0.2, 0.25) is 0 Å². The van der Waals surface area contributed by atoms with E-state index in [-0.39, 0.29) is 10.8 Å². The summed E-state index contributed by atoms with van der Waals surface area (Å²) in [5.41, 5.74) is 19.5. The molecule has 0 amide bonds. The summed E-state index contributed by atoms with van der Waals surface area (Å²) in [6.45, 7) is 14.0. The van der Waals surface area contributed by atoms with Gasteiger partial charge in [-0.1, -0.05) is 399 Å². The molecule has 2 heterocycles. The van der Waals surface area contributed by atoms with Crippen molar-refractivity contribution < 1.29 is 0 Å². The number of benzene rings is 3. The van der Waals surface area contributed by atoms with Gasteiger partial charge in [0.05, 0.1) is 23.5 Å². The van der Waals surface area contributed by atoms with Gasteiger partial charge in [0.15, 0.2) is 0 Å². The summed E-state index contributed by atoms with van der Waals surface area (Å²) in [6, 6.07) is 11.0. The molecule has 2 aliphatic rings. The summed E-state index contributed by atoms with van der Waals surface area (Å²) in [5.74, 6) is 0. The number of rotatable bonds is 60. The SMILES string of the molecule is CCCCCCCCCCCCCCCCC1(CCCCCCCCCCCCCCCC)c2cc3c(cc2-c2c1cc(C)c1nsnc21)C(CCCCCCCCCCCCCCCC)(CCCCCCCCCCCCCCCC)c1cc(C)c2nsnc2c1-3. The number of nitrogens with zero attached hydrogens (tertiary/aromatic N) is 4. The monoisotopic (exact) mass is 1300 g/mol. The van der Waals surface area contributed by atoms with Crippen LogP contribution in [0.4, 0.5) is 0 Å². The van der Waals surface area contributed by atoms with Crippen LogP contribution in [0.15, 0.2) is 24.3 Å². The summed E-state index contributed by atoms with van der Waals surface area (Å²) in [7, 11) is 0. The molecule has 92 heavy (non-hydrogen) atoms. The molecule has 0 atom stereocenters. The van der Waals surface area contributed by atoms with Crippen molar-refractivity contribution in [2.24, 2.45) is 0 Å². The van der Waals surface area contributed by atoms with Gasteiger partial charge < -0.3 is 0 Å². The Balaban J connectivity index is 1.14. The Morgan fingerprint density at radius 2 is 0.413 bits per heavy atom. The van der Waals surface area contributed by atoms with Gasteiger partial charge in [0.2, 0.25) is 0 Å². The molecule has 7 rings (SSSR count). The lowest BCUT2D eigenvalue weighted by Gasteiger charge is -2.35. The van der Waals surface area contributed by atoms with Crippen LogP contribution >= 0.6 is 23.5 Å². The highest BCUT2D eigenvalue weighted by molar-refractivity contribution is 7.00. The lowest BCUT2D eigenvalue weighted by atomic mass is 9.68. The van der Waals surface area contributed by atoms with Gasteiger partial charge in [-0.3, -0.25) is 0 Å². The third-order valence-corrected chi connectivity index (χ3v) is 24.1. The van der Waals surface area contributed by atoms with E-state index in [0.29, 0.717) is 0 Å². The molecule has 0 saturated heterocycles. The predicted octanol–water partition coefficient (Wildman–Crippen LogP) is 30.3. The smallest absolute Gasteiger partial charge is 0.113 e. The van der Waals surface area contributed by atoms with Gasteiger partial charge in [-0.15, -0.1) is 0 Å². The van der Waals surface area contributed by atoms with E-state index < -0.39 is 0 Å². The number of aryl methyl sites for hydroxylation is 2. The molecule has 0 fully saturated rings. The summed E-state index contributed by atoms with van der Waals surface area (Å²) in [4.78, 5) is 0. The Hall–Kier alpha value is -2.70. The Kier molecular flexibility index (Phi) is 38.1. The third kappa shape index (κ3) is 23.8. The Bertz CT molecular complexity index is 2460. The van der Waals surface area contributed by atoms with Crippen molar-refractivity contribution in [1.82, 2.24) is 17.5 Å². The van der Waals surface area contributed by atoms with Crippen molar-refractivity contribution in [2.45, 2.75) is 438 Å². The molecule has 3 aromatic carbocycles. The normalized spacial score (nSPS) is 13.7. The molecule has 2 aromatic heterocycles. The molecule has 5 aromatic rings. The zero-order chi connectivity index (χ0) is 64.6. The first-order valence-corrected chi connectivity index (χ1v) is 42.6. The van der Waals surface area contributed by atoms with Gasteiger partial charge in [0.1, 0.15) is 22.1 Å². The quantitative estimate of drug-likeness (QED) is 0.0364. The van der Waals surface area contributed by atoms with Crippen molar-refractivity contribution in [3.63, 3.8) is 0 Å². The minimum Gasteiger partial charge on any atom is -0.173 e.